The van der Waals surface area contributed by atoms with E-state index in [1.54, 1.807) is 0 Å². The average Bonchev–Trinajstić information content (AvgIpc) is 2.10. The summed E-state index contributed by atoms with van der Waals surface area (Å²) in [5.74, 6) is 0. The lowest BCUT2D eigenvalue weighted by molar-refractivity contribution is 0.249. The van der Waals surface area contributed by atoms with E-state index in [9.17, 15) is 0 Å². The maximum Gasteiger partial charge on any atom is 0.154 e. The molecule has 0 saturated carbocycles. The van der Waals surface area contributed by atoms with Crippen LogP contribution in [0.25, 0.3) is 0 Å². The Bertz CT molecular complexity index is 133. The van der Waals surface area contributed by atoms with Crippen molar-refractivity contribution >= 4 is 0 Å². The van der Waals surface area contributed by atoms with Gasteiger partial charge >= 0.3 is 0 Å². The van der Waals surface area contributed by atoms with Gasteiger partial charge in [-0.05, 0) is 13.3 Å². The lowest BCUT2D eigenvalue weighted by Gasteiger charge is -1.96. The first kappa shape index (κ1) is 11.2. The third kappa shape index (κ3) is 9.16. The zero-order valence-corrected chi connectivity index (χ0v) is 8.06. The van der Waals surface area contributed by atoms with Crippen LogP contribution in [-0.4, -0.2) is 13.2 Å². The summed E-state index contributed by atoms with van der Waals surface area (Å²) in [5, 5.41) is 0. The molecule has 0 atom stereocenters. The van der Waals surface area contributed by atoms with Crippen LogP contribution in [0.1, 0.15) is 39.5 Å². The van der Waals surface area contributed by atoms with Gasteiger partial charge in [0.05, 0.1) is 6.61 Å². The smallest absolute Gasteiger partial charge is 0.154 e. The standard InChI is InChI=1S/C10H18O2/c1-3-5-6-7-8-12-10-9-11-4-2/h3-8H2,1-2H3. The highest BCUT2D eigenvalue weighted by Gasteiger charge is 1.85. The largest absolute Gasteiger partial charge is 0.445 e. The normalized spacial score (nSPS) is 8.50. The van der Waals surface area contributed by atoms with Crippen molar-refractivity contribution in [3.05, 3.63) is 0 Å². The van der Waals surface area contributed by atoms with Gasteiger partial charge in [-0.3, -0.25) is 0 Å². The molecule has 0 radical (unpaired) electrons. The predicted molar refractivity (Wildman–Crippen MR) is 49.5 cm³/mol. The van der Waals surface area contributed by atoms with Gasteiger partial charge in [-0.2, -0.15) is 0 Å². The van der Waals surface area contributed by atoms with Crippen molar-refractivity contribution in [2.75, 3.05) is 13.2 Å². The van der Waals surface area contributed by atoms with E-state index in [0.717, 1.165) is 13.0 Å². The minimum absolute atomic E-state index is 0.617. The fourth-order valence-corrected chi connectivity index (χ4v) is 0.783. The molecule has 0 rings (SSSR count). The zero-order valence-electron chi connectivity index (χ0n) is 8.06. The summed E-state index contributed by atoms with van der Waals surface area (Å²) in [6.07, 6.45) is 9.80. The van der Waals surface area contributed by atoms with E-state index in [1.807, 2.05) is 6.92 Å². The second kappa shape index (κ2) is 10.2. The van der Waals surface area contributed by atoms with E-state index >= 15 is 0 Å². The number of ether oxygens (including phenoxy) is 2. The monoisotopic (exact) mass is 170 g/mol. The van der Waals surface area contributed by atoms with Crippen LogP contribution in [0.3, 0.4) is 0 Å². The molecule has 12 heavy (non-hydrogen) atoms. The van der Waals surface area contributed by atoms with Crippen LogP contribution >= 0.6 is 0 Å². The summed E-state index contributed by atoms with van der Waals surface area (Å²) in [6.45, 7) is 5.43. The molecule has 2 heteroatoms. The maximum atomic E-state index is 5.00. The molecule has 0 bridgehead atoms. The summed E-state index contributed by atoms with van der Waals surface area (Å²) in [5.41, 5.74) is 0. The zero-order chi connectivity index (χ0) is 9.07. The van der Waals surface area contributed by atoms with Crippen LogP contribution in [0.4, 0.5) is 0 Å². The fraction of sp³-hybridized carbons (Fsp3) is 0.800. The molecule has 0 aliphatic rings. The number of unbranched alkanes of at least 4 members (excludes halogenated alkanes) is 3. The fourth-order valence-electron chi connectivity index (χ4n) is 0.783. The van der Waals surface area contributed by atoms with Crippen molar-refractivity contribution in [3.63, 3.8) is 0 Å². The second-order valence-electron chi connectivity index (χ2n) is 2.55. The highest BCUT2D eigenvalue weighted by Crippen LogP contribution is 1.97. The molecular formula is C10H18O2. The van der Waals surface area contributed by atoms with Crippen molar-refractivity contribution < 1.29 is 9.47 Å². The van der Waals surface area contributed by atoms with E-state index in [1.165, 1.54) is 19.3 Å². The molecule has 0 heterocycles. The summed E-state index contributed by atoms with van der Waals surface area (Å²) in [7, 11) is 0. The van der Waals surface area contributed by atoms with Gasteiger partial charge in [0, 0.05) is 0 Å². The molecule has 0 aromatic rings. The van der Waals surface area contributed by atoms with E-state index in [-0.39, 0.29) is 0 Å². The third-order valence-corrected chi connectivity index (χ3v) is 1.43. The Kier molecular flexibility index (Phi) is 9.45. The molecule has 0 fully saturated rings. The molecule has 0 amide bonds. The Labute approximate surface area is 75.3 Å². The topological polar surface area (TPSA) is 18.5 Å². The van der Waals surface area contributed by atoms with Gasteiger partial charge in [0.25, 0.3) is 0 Å². The van der Waals surface area contributed by atoms with Crippen LogP contribution in [0, 0.1) is 12.2 Å². The summed E-state index contributed by atoms with van der Waals surface area (Å²) < 4.78 is 9.77. The van der Waals surface area contributed by atoms with Gasteiger partial charge in [0.1, 0.15) is 6.61 Å². The van der Waals surface area contributed by atoms with Crippen molar-refractivity contribution in [2.24, 2.45) is 0 Å². The maximum absolute atomic E-state index is 5.00. The lowest BCUT2D eigenvalue weighted by Crippen LogP contribution is -1.88. The van der Waals surface area contributed by atoms with Crippen LogP contribution in [0.5, 0.6) is 0 Å². The third-order valence-electron chi connectivity index (χ3n) is 1.43. The number of hydrogen-bond donors (Lipinski definition) is 0. The van der Waals surface area contributed by atoms with E-state index in [4.69, 9.17) is 9.47 Å². The molecule has 0 aromatic heterocycles. The molecule has 0 aliphatic carbocycles. The minimum Gasteiger partial charge on any atom is -0.445 e. The SMILES string of the molecule is CCCCCCOC#COCC. The van der Waals surface area contributed by atoms with Gasteiger partial charge < -0.3 is 9.47 Å². The van der Waals surface area contributed by atoms with E-state index in [0.29, 0.717) is 6.61 Å². The van der Waals surface area contributed by atoms with Gasteiger partial charge in [0.15, 0.2) is 12.2 Å². The van der Waals surface area contributed by atoms with Crippen molar-refractivity contribution in [1.29, 1.82) is 0 Å². The molecular weight excluding hydrogens is 152 g/mol. The highest BCUT2D eigenvalue weighted by atomic mass is 16.5. The summed E-state index contributed by atoms with van der Waals surface area (Å²) in [4.78, 5) is 0. The number of hydrogen-bond acceptors (Lipinski definition) is 2. The Balaban J connectivity index is 2.96. The molecule has 0 aliphatic heterocycles. The van der Waals surface area contributed by atoms with Crippen molar-refractivity contribution in [3.8, 4) is 12.2 Å². The molecule has 0 N–H and O–H groups in total. The Hall–Kier alpha value is -0.840. The van der Waals surface area contributed by atoms with Crippen molar-refractivity contribution in [2.45, 2.75) is 39.5 Å². The van der Waals surface area contributed by atoms with E-state index < -0.39 is 0 Å². The molecule has 0 unspecified atom stereocenters. The van der Waals surface area contributed by atoms with E-state index in [2.05, 4.69) is 19.1 Å². The van der Waals surface area contributed by atoms with Gasteiger partial charge in [-0.15, -0.1) is 0 Å². The van der Waals surface area contributed by atoms with Crippen LogP contribution in [0.2, 0.25) is 0 Å². The lowest BCUT2D eigenvalue weighted by atomic mass is 10.2. The first-order chi connectivity index (χ1) is 5.91. The molecule has 0 aromatic carbocycles. The first-order valence-corrected chi connectivity index (χ1v) is 4.65. The minimum atomic E-state index is 0.617. The number of rotatable bonds is 6. The molecule has 2 nitrogen and oxygen atoms in total. The van der Waals surface area contributed by atoms with Crippen molar-refractivity contribution in [1.82, 2.24) is 0 Å². The van der Waals surface area contributed by atoms with Gasteiger partial charge in [-0.25, -0.2) is 0 Å². The Morgan fingerprint density at radius 3 is 2.33 bits per heavy atom. The predicted octanol–water partition coefficient (Wildman–Crippen LogP) is 2.54. The highest BCUT2D eigenvalue weighted by molar-refractivity contribution is 4.80. The van der Waals surface area contributed by atoms with Gasteiger partial charge in [0.2, 0.25) is 0 Å². The second-order valence-corrected chi connectivity index (χ2v) is 2.55. The first-order valence-electron chi connectivity index (χ1n) is 4.65. The molecule has 70 valence electrons. The van der Waals surface area contributed by atoms with Crippen LogP contribution in [-0.2, 0) is 9.47 Å². The van der Waals surface area contributed by atoms with Crippen LogP contribution in [0.15, 0.2) is 0 Å². The van der Waals surface area contributed by atoms with Gasteiger partial charge in [-0.1, -0.05) is 26.2 Å². The summed E-state index contributed by atoms with van der Waals surface area (Å²) >= 11 is 0. The average molecular weight is 170 g/mol. The Morgan fingerprint density at radius 1 is 0.917 bits per heavy atom. The Morgan fingerprint density at radius 2 is 1.67 bits per heavy atom. The van der Waals surface area contributed by atoms with Crippen LogP contribution < -0.4 is 0 Å². The molecule has 0 saturated heterocycles. The molecule has 0 spiro atoms. The summed E-state index contributed by atoms with van der Waals surface area (Å²) in [6, 6.07) is 0. The quantitative estimate of drug-likeness (QED) is 0.450.